The molecule has 1 aromatic carbocycles. The van der Waals surface area contributed by atoms with Crippen LogP contribution in [0.15, 0.2) is 18.2 Å². The number of rotatable bonds is 5. The normalized spacial score (nSPS) is 9.89. The number of terminal acetylenes is 1. The molecule has 0 unspecified atom stereocenters. The average Bonchev–Trinajstić information content (AvgIpc) is 2.32. The second-order valence-electron chi connectivity index (χ2n) is 3.79. The van der Waals surface area contributed by atoms with E-state index in [9.17, 15) is 4.79 Å². The third kappa shape index (κ3) is 4.58. The van der Waals surface area contributed by atoms with Crippen molar-refractivity contribution >= 4 is 29.1 Å². The standard InChI is InChI=1S/C13H14Cl2N2O/c1-3-6-16-8-13(18)17(2)9-10-4-5-11(14)7-12(10)15/h1,4-5,7,16H,6,8-9H2,2H3. The van der Waals surface area contributed by atoms with Crippen LogP contribution >= 0.6 is 23.2 Å². The Kier molecular flexibility index (Phi) is 6.00. The summed E-state index contributed by atoms with van der Waals surface area (Å²) in [5, 5.41) is 3.98. The molecule has 0 fully saturated rings. The van der Waals surface area contributed by atoms with E-state index in [-0.39, 0.29) is 12.5 Å². The van der Waals surface area contributed by atoms with Gasteiger partial charge in [0.2, 0.25) is 5.91 Å². The molecule has 0 saturated carbocycles. The minimum absolute atomic E-state index is 0.0451. The molecule has 96 valence electrons. The van der Waals surface area contributed by atoms with Crippen LogP contribution in [0.1, 0.15) is 5.56 Å². The van der Waals surface area contributed by atoms with Crippen molar-refractivity contribution in [1.29, 1.82) is 0 Å². The SMILES string of the molecule is C#CCNCC(=O)N(C)Cc1ccc(Cl)cc1Cl. The van der Waals surface area contributed by atoms with Gasteiger partial charge in [-0.2, -0.15) is 0 Å². The number of halogens is 2. The van der Waals surface area contributed by atoms with Gasteiger partial charge in [-0.3, -0.25) is 10.1 Å². The summed E-state index contributed by atoms with van der Waals surface area (Å²) in [6.45, 7) is 1.03. The summed E-state index contributed by atoms with van der Waals surface area (Å²) >= 11 is 11.8. The first-order valence-corrected chi connectivity index (χ1v) is 6.12. The van der Waals surface area contributed by atoms with E-state index in [1.807, 2.05) is 6.07 Å². The van der Waals surface area contributed by atoms with Crippen molar-refractivity contribution < 1.29 is 4.79 Å². The van der Waals surface area contributed by atoms with Crippen LogP contribution in [0.2, 0.25) is 10.0 Å². The Bertz CT molecular complexity index is 469. The molecule has 1 rings (SSSR count). The Balaban J connectivity index is 2.56. The molecule has 0 bridgehead atoms. The van der Waals surface area contributed by atoms with E-state index in [1.165, 1.54) is 0 Å². The maximum atomic E-state index is 11.7. The number of carbonyl (C=O) groups excluding carboxylic acids is 1. The highest BCUT2D eigenvalue weighted by atomic mass is 35.5. The number of hydrogen-bond acceptors (Lipinski definition) is 2. The fourth-order valence-electron chi connectivity index (χ4n) is 1.37. The lowest BCUT2D eigenvalue weighted by atomic mass is 10.2. The van der Waals surface area contributed by atoms with Crippen molar-refractivity contribution in [3.8, 4) is 12.3 Å². The van der Waals surface area contributed by atoms with Gasteiger partial charge in [0.05, 0.1) is 13.1 Å². The van der Waals surface area contributed by atoms with Crippen LogP contribution < -0.4 is 5.32 Å². The fraction of sp³-hybridized carbons (Fsp3) is 0.308. The maximum Gasteiger partial charge on any atom is 0.236 e. The number of nitrogens with one attached hydrogen (secondary N) is 1. The van der Waals surface area contributed by atoms with Gasteiger partial charge in [-0.05, 0) is 17.7 Å². The first-order chi connectivity index (χ1) is 8.54. The molecule has 0 aliphatic carbocycles. The second-order valence-corrected chi connectivity index (χ2v) is 4.64. The van der Waals surface area contributed by atoms with E-state index in [4.69, 9.17) is 29.6 Å². The van der Waals surface area contributed by atoms with Gasteiger partial charge in [0.1, 0.15) is 0 Å². The van der Waals surface area contributed by atoms with Gasteiger partial charge in [-0.1, -0.05) is 35.2 Å². The zero-order valence-electron chi connectivity index (χ0n) is 10.0. The second kappa shape index (κ2) is 7.27. The number of nitrogens with zero attached hydrogens (tertiary/aromatic N) is 1. The first kappa shape index (κ1) is 14.8. The Morgan fingerprint density at radius 3 is 2.83 bits per heavy atom. The molecule has 0 aliphatic rings. The molecule has 0 spiro atoms. The Hall–Kier alpha value is -1.21. The first-order valence-electron chi connectivity index (χ1n) is 5.36. The Morgan fingerprint density at radius 1 is 1.50 bits per heavy atom. The van der Waals surface area contributed by atoms with Crippen LogP contribution in [0, 0.1) is 12.3 Å². The molecule has 3 nitrogen and oxygen atoms in total. The predicted molar refractivity (Wildman–Crippen MR) is 74.6 cm³/mol. The molecule has 0 aliphatic heterocycles. The molecule has 1 N–H and O–H groups in total. The van der Waals surface area contributed by atoms with Crippen LogP contribution in [0.5, 0.6) is 0 Å². The van der Waals surface area contributed by atoms with Crippen LogP contribution in [-0.4, -0.2) is 30.9 Å². The van der Waals surface area contributed by atoms with Gasteiger partial charge in [0, 0.05) is 23.6 Å². The van der Waals surface area contributed by atoms with Gasteiger partial charge in [-0.25, -0.2) is 0 Å². The summed E-state index contributed by atoms with van der Waals surface area (Å²) in [5.41, 5.74) is 0.855. The quantitative estimate of drug-likeness (QED) is 0.664. The molecule has 5 heteroatoms. The lowest BCUT2D eigenvalue weighted by molar-refractivity contribution is -0.129. The van der Waals surface area contributed by atoms with E-state index in [2.05, 4.69) is 11.2 Å². The minimum Gasteiger partial charge on any atom is -0.340 e. The summed E-state index contributed by atoms with van der Waals surface area (Å²) in [4.78, 5) is 13.3. The number of amides is 1. The molecule has 0 saturated heterocycles. The number of hydrogen-bond donors (Lipinski definition) is 1. The van der Waals surface area contributed by atoms with Crippen molar-refractivity contribution in [3.05, 3.63) is 33.8 Å². The number of likely N-dealkylation sites (N-methyl/N-ethyl adjacent to an activating group) is 1. The highest BCUT2D eigenvalue weighted by molar-refractivity contribution is 6.35. The molecule has 1 aromatic rings. The van der Waals surface area contributed by atoms with Crippen molar-refractivity contribution in [3.63, 3.8) is 0 Å². The van der Waals surface area contributed by atoms with Crippen LogP contribution in [0.4, 0.5) is 0 Å². The summed E-state index contributed by atoms with van der Waals surface area (Å²) in [5.74, 6) is 2.36. The van der Waals surface area contributed by atoms with Crippen LogP contribution in [-0.2, 0) is 11.3 Å². The Labute approximate surface area is 117 Å². The lowest BCUT2D eigenvalue weighted by Crippen LogP contribution is -2.35. The van der Waals surface area contributed by atoms with Gasteiger partial charge >= 0.3 is 0 Å². The minimum atomic E-state index is -0.0451. The van der Waals surface area contributed by atoms with E-state index in [0.29, 0.717) is 23.1 Å². The number of carbonyl (C=O) groups is 1. The van der Waals surface area contributed by atoms with Crippen molar-refractivity contribution in [2.45, 2.75) is 6.54 Å². The maximum absolute atomic E-state index is 11.7. The lowest BCUT2D eigenvalue weighted by Gasteiger charge is -2.18. The average molecular weight is 285 g/mol. The summed E-state index contributed by atoms with van der Waals surface area (Å²) in [7, 11) is 1.71. The predicted octanol–water partition coefficient (Wildman–Crippen LogP) is 2.17. The van der Waals surface area contributed by atoms with Gasteiger partial charge in [0.25, 0.3) is 0 Å². The zero-order valence-corrected chi connectivity index (χ0v) is 11.6. The van der Waals surface area contributed by atoms with Crippen LogP contribution in [0.3, 0.4) is 0 Å². The number of benzene rings is 1. The summed E-state index contributed by atoms with van der Waals surface area (Å²) in [6.07, 6.45) is 5.08. The van der Waals surface area contributed by atoms with Gasteiger partial charge in [-0.15, -0.1) is 6.42 Å². The zero-order chi connectivity index (χ0) is 13.5. The fourth-order valence-corrected chi connectivity index (χ4v) is 1.84. The highest BCUT2D eigenvalue weighted by Crippen LogP contribution is 2.21. The highest BCUT2D eigenvalue weighted by Gasteiger charge is 2.10. The van der Waals surface area contributed by atoms with Crippen LogP contribution in [0.25, 0.3) is 0 Å². The molecular weight excluding hydrogens is 271 g/mol. The molecule has 1 amide bonds. The largest absolute Gasteiger partial charge is 0.340 e. The third-order valence-corrected chi connectivity index (χ3v) is 2.94. The van der Waals surface area contributed by atoms with E-state index >= 15 is 0 Å². The van der Waals surface area contributed by atoms with E-state index < -0.39 is 0 Å². The summed E-state index contributed by atoms with van der Waals surface area (Å²) in [6, 6.07) is 5.22. The van der Waals surface area contributed by atoms with E-state index in [1.54, 1.807) is 24.1 Å². The molecule has 18 heavy (non-hydrogen) atoms. The molecular formula is C13H14Cl2N2O. The molecule has 0 heterocycles. The van der Waals surface area contributed by atoms with Crippen molar-refractivity contribution in [1.82, 2.24) is 10.2 Å². The van der Waals surface area contributed by atoms with Crippen molar-refractivity contribution in [2.24, 2.45) is 0 Å². The van der Waals surface area contributed by atoms with Gasteiger partial charge in [0.15, 0.2) is 0 Å². The van der Waals surface area contributed by atoms with E-state index in [0.717, 1.165) is 5.56 Å². The Morgan fingerprint density at radius 2 is 2.22 bits per heavy atom. The van der Waals surface area contributed by atoms with Crippen molar-refractivity contribution in [2.75, 3.05) is 20.1 Å². The summed E-state index contributed by atoms with van der Waals surface area (Å²) < 4.78 is 0. The molecule has 0 aromatic heterocycles. The van der Waals surface area contributed by atoms with Gasteiger partial charge < -0.3 is 4.90 Å². The monoisotopic (exact) mass is 284 g/mol. The smallest absolute Gasteiger partial charge is 0.236 e. The topological polar surface area (TPSA) is 32.3 Å². The third-order valence-electron chi connectivity index (χ3n) is 2.35. The molecule has 0 radical (unpaired) electrons. The molecule has 0 atom stereocenters.